The van der Waals surface area contributed by atoms with Crippen molar-refractivity contribution in [1.82, 2.24) is 9.55 Å². The average Bonchev–Trinajstić information content (AvgIpc) is 2.73. The van der Waals surface area contributed by atoms with Gasteiger partial charge in [-0.3, -0.25) is 0 Å². The second-order valence-corrected chi connectivity index (χ2v) is 4.65. The van der Waals surface area contributed by atoms with E-state index in [1.807, 2.05) is 6.20 Å². The molecule has 1 aromatic rings. The summed E-state index contributed by atoms with van der Waals surface area (Å²) >= 11 is 0. The van der Waals surface area contributed by atoms with Crippen LogP contribution in [-0.2, 0) is 4.74 Å². The van der Waals surface area contributed by atoms with Gasteiger partial charge >= 0.3 is 0 Å². The first kappa shape index (κ1) is 14.0. The molecule has 1 N–H and O–H groups in total. The highest BCUT2D eigenvalue weighted by Crippen LogP contribution is 2.24. The van der Waals surface area contributed by atoms with Gasteiger partial charge in [-0.25, -0.2) is 4.98 Å². The van der Waals surface area contributed by atoms with E-state index in [4.69, 9.17) is 4.74 Å². The Hall–Kier alpha value is -1.03. The molecule has 1 atom stereocenters. The van der Waals surface area contributed by atoms with E-state index in [1.165, 1.54) is 0 Å². The smallest absolute Gasteiger partial charge is 0.203 e. The van der Waals surface area contributed by atoms with Gasteiger partial charge in [0.25, 0.3) is 0 Å². The third-order valence-electron chi connectivity index (χ3n) is 3.02. The molecule has 4 heteroatoms. The highest BCUT2D eigenvalue weighted by Gasteiger charge is 2.15. The summed E-state index contributed by atoms with van der Waals surface area (Å²) in [6.45, 7) is 8.42. The maximum atomic E-state index is 5.03. The van der Waals surface area contributed by atoms with Crippen LogP contribution in [0.25, 0.3) is 0 Å². The lowest BCUT2D eigenvalue weighted by Gasteiger charge is -2.23. The molecule has 0 aliphatic carbocycles. The van der Waals surface area contributed by atoms with E-state index in [0.717, 1.165) is 31.9 Å². The number of methoxy groups -OCH3 is 1. The van der Waals surface area contributed by atoms with E-state index in [9.17, 15) is 0 Å². The van der Waals surface area contributed by atoms with Gasteiger partial charge in [-0.1, -0.05) is 20.8 Å². The van der Waals surface area contributed by atoms with Crippen LogP contribution in [0.3, 0.4) is 0 Å². The molecule has 17 heavy (non-hydrogen) atoms. The number of hydrogen-bond donors (Lipinski definition) is 1. The Kier molecular flexibility index (Phi) is 6.05. The van der Waals surface area contributed by atoms with Crippen molar-refractivity contribution in [3.05, 3.63) is 12.4 Å². The molecule has 1 aromatic heterocycles. The fraction of sp³-hybridized carbons (Fsp3) is 0.769. The van der Waals surface area contributed by atoms with E-state index in [1.54, 1.807) is 7.11 Å². The minimum absolute atomic E-state index is 0.516. The van der Waals surface area contributed by atoms with E-state index in [2.05, 4.69) is 41.8 Å². The summed E-state index contributed by atoms with van der Waals surface area (Å²) in [5, 5.41) is 3.37. The van der Waals surface area contributed by atoms with Crippen molar-refractivity contribution in [2.75, 3.05) is 25.6 Å². The van der Waals surface area contributed by atoms with Crippen LogP contribution < -0.4 is 5.32 Å². The van der Waals surface area contributed by atoms with Gasteiger partial charge in [0.1, 0.15) is 0 Å². The standard InChI is InChI=1S/C13H25N3O/c1-5-12(11(2)3)16-9-8-15-13(16)14-7-6-10-17-4/h8-9,11-12H,5-7,10H2,1-4H3,(H,14,15). The largest absolute Gasteiger partial charge is 0.385 e. The molecule has 0 saturated carbocycles. The van der Waals surface area contributed by atoms with E-state index >= 15 is 0 Å². The van der Waals surface area contributed by atoms with Crippen molar-refractivity contribution in [2.24, 2.45) is 5.92 Å². The van der Waals surface area contributed by atoms with Crippen LogP contribution in [0.2, 0.25) is 0 Å². The van der Waals surface area contributed by atoms with Gasteiger partial charge in [-0.2, -0.15) is 0 Å². The Labute approximate surface area is 104 Å². The molecular weight excluding hydrogens is 214 g/mol. The van der Waals surface area contributed by atoms with E-state index in [0.29, 0.717) is 12.0 Å². The monoisotopic (exact) mass is 239 g/mol. The van der Waals surface area contributed by atoms with Crippen molar-refractivity contribution in [3.63, 3.8) is 0 Å². The van der Waals surface area contributed by atoms with E-state index in [-0.39, 0.29) is 0 Å². The summed E-state index contributed by atoms with van der Waals surface area (Å²) in [5.74, 6) is 1.59. The van der Waals surface area contributed by atoms with E-state index < -0.39 is 0 Å². The van der Waals surface area contributed by atoms with Crippen molar-refractivity contribution in [2.45, 2.75) is 39.7 Å². The first-order chi connectivity index (χ1) is 8.20. The van der Waals surface area contributed by atoms with Crippen LogP contribution in [-0.4, -0.2) is 29.8 Å². The second-order valence-electron chi connectivity index (χ2n) is 4.65. The Bertz CT molecular complexity index is 309. The summed E-state index contributed by atoms with van der Waals surface area (Å²) in [5.41, 5.74) is 0. The van der Waals surface area contributed by atoms with Crippen LogP contribution in [0.4, 0.5) is 5.95 Å². The van der Waals surface area contributed by atoms with Crippen LogP contribution in [0.1, 0.15) is 39.7 Å². The van der Waals surface area contributed by atoms with Crippen molar-refractivity contribution in [1.29, 1.82) is 0 Å². The highest BCUT2D eigenvalue weighted by molar-refractivity contribution is 5.26. The average molecular weight is 239 g/mol. The van der Waals surface area contributed by atoms with Crippen LogP contribution in [0, 0.1) is 5.92 Å². The molecule has 0 aliphatic heterocycles. The molecule has 0 amide bonds. The van der Waals surface area contributed by atoms with Gasteiger partial charge in [-0.05, 0) is 18.8 Å². The van der Waals surface area contributed by atoms with Gasteiger partial charge in [0, 0.05) is 38.7 Å². The molecule has 0 radical (unpaired) electrons. The summed E-state index contributed by atoms with van der Waals surface area (Å²) in [6.07, 6.45) is 6.05. The molecule has 1 unspecified atom stereocenters. The number of ether oxygens (including phenoxy) is 1. The molecule has 0 aliphatic rings. The Balaban J connectivity index is 2.58. The van der Waals surface area contributed by atoms with Gasteiger partial charge in [-0.15, -0.1) is 0 Å². The highest BCUT2D eigenvalue weighted by atomic mass is 16.5. The number of nitrogens with one attached hydrogen (secondary N) is 1. The van der Waals surface area contributed by atoms with Gasteiger partial charge < -0.3 is 14.6 Å². The number of anilines is 1. The molecule has 98 valence electrons. The van der Waals surface area contributed by atoms with Crippen molar-refractivity contribution >= 4 is 5.95 Å². The third-order valence-corrected chi connectivity index (χ3v) is 3.02. The molecule has 0 saturated heterocycles. The van der Waals surface area contributed by atoms with Crippen molar-refractivity contribution in [3.8, 4) is 0 Å². The number of rotatable bonds is 8. The maximum absolute atomic E-state index is 5.03. The van der Waals surface area contributed by atoms with Crippen LogP contribution >= 0.6 is 0 Å². The fourth-order valence-corrected chi connectivity index (χ4v) is 2.12. The summed E-state index contributed by atoms with van der Waals surface area (Å²) < 4.78 is 7.28. The molecule has 4 nitrogen and oxygen atoms in total. The van der Waals surface area contributed by atoms with Crippen molar-refractivity contribution < 1.29 is 4.74 Å². The molecule has 1 rings (SSSR count). The topological polar surface area (TPSA) is 39.1 Å². The third kappa shape index (κ3) is 4.04. The van der Waals surface area contributed by atoms with Crippen LogP contribution in [0.5, 0.6) is 0 Å². The minimum Gasteiger partial charge on any atom is -0.385 e. The molecule has 0 aromatic carbocycles. The van der Waals surface area contributed by atoms with Gasteiger partial charge in [0.05, 0.1) is 0 Å². The SMILES string of the molecule is CCC(C(C)C)n1ccnc1NCCCOC. The molecular formula is C13H25N3O. The summed E-state index contributed by atoms with van der Waals surface area (Å²) in [6, 6.07) is 0.516. The number of nitrogens with zero attached hydrogens (tertiary/aromatic N) is 2. The molecule has 0 bridgehead atoms. The predicted octanol–water partition coefficient (Wildman–Crippen LogP) is 2.94. The summed E-state index contributed by atoms with van der Waals surface area (Å²) in [4.78, 5) is 4.38. The maximum Gasteiger partial charge on any atom is 0.203 e. The molecule has 0 fully saturated rings. The summed E-state index contributed by atoms with van der Waals surface area (Å²) in [7, 11) is 1.73. The first-order valence-electron chi connectivity index (χ1n) is 6.46. The number of imidazole rings is 1. The number of hydrogen-bond acceptors (Lipinski definition) is 3. The zero-order valence-corrected chi connectivity index (χ0v) is 11.4. The van der Waals surface area contributed by atoms with Crippen LogP contribution in [0.15, 0.2) is 12.4 Å². The Morgan fingerprint density at radius 1 is 1.47 bits per heavy atom. The second kappa shape index (κ2) is 7.33. The molecule has 0 spiro atoms. The van der Waals surface area contributed by atoms with Gasteiger partial charge in [0.2, 0.25) is 5.95 Å². The first-order valence-corrected chi connectivity index (χ1v) is 6.46. The predicted molar refractivity (Wildman–Crippen MR) is 71.4 cm³/mol. The lowest BCUT2D eigenvalue weighted by atomic mass is 10.0. The van der Waals surface area contributed by atoms with Gasteiger partial charge in [0.15, 0.2) is 0 Å². The minimum atomic E-state index is 0.516. The lowest BCUT2D eigenvalue weighted by molar-refractivity contribution is 0.197. The Morgan fingerprint density at radius 2 is 2.24 bits per heavy atom. The fourth-order valence-electron chi connectivity index (χ4n) is 2.12. The lowest BCUT2D eigenvalue weighted by Crippen LogP contribution is -2.17. The Morgan fingerprint density at radius 3 is 2.82 bits per heavy atom. The normalized spacial score (nSPS) is 13.0. The molecule has 1 heterocycles. The quantitative estimate of drug-likeness (QED) is 0.709. The zero-order valence-electron chi connectivity index (χ0n) is 11.4. The zero-order chi connectivity index (χ0) is 12.7. The number of aromatic nitrogens is 2.